The van der Waals surface area contributed by atoms with Gasteiger partial charge in [-0.1, -0.05) is 64.6 Å². The van der Waals surface area contributed by atoms with E-state index in [0.717, 1.165) is 50.4 Å². The molecule has 1 radical (unpaired) electrons. The van der Waals surface area contributed by atoms with Crippen LogP contribution >= 0.6 is 0 Å². The Kier molecular flexibility index (Phi) is 7.44. The minimum Gasteiger partial charge on any atom is -0.465 e. The summed E-state index contributed by atoms with van der Waals surface area (Å²) < 4.78 is 10.0. The van der Waals surface area contributed by atoms with Crippen LogP contribution in [0, 0.1) is 12.1 Å². The molecule has 41 heavy (non-hydrogen) atoms. The van der Waals surface area contributed by atoms with Gasteiger partial charge in [-0.15, -0.1) is 42.0 Å². The number of benzene rings is 4. The monoisotopic (exact) mass is 707 g/mol. The van der Waals surface area contributed by atoms with Gasteiger partial charge in [0.2, 0.25) is 11.4 Å². The molecule has 0 bridgehead atoms. The third-order valence-corrected chi connectivity index (χ3v) is 6.63. The molecular formula is C35H22IrN4O. The standard InChI is InChI=1S/C24H14N3O.C11H8N.Ir/c1-2-7-17(8-3-1)26-16-27(22-11-5-4-10-21(22)26)18-12-13-19-20-9-6-14-25-24(20)28-23(19)15-18;1-2-6-10(7-3-1)11-8-4-5-9-12-11;/h1-11,13-15H;1-6,8-9H;/q+1;-1;. The summed E-state index contributed by atoms with van der Waals surface area (Å²) in [6.07, 6.45) is 3.53. The van der Waals surface area contributed by atoms with Gasteiger partial charge in [-0.2, -0.15) is 6.07 Å². The first-order valence-electron chi connectivity index (χ1n) is 12.9. The van der Waals surface area contributed by atoms with Gasteiger partial charge in [-0.25, -0.2) is 4.98 Å². The largest absolute Gasteiger partial charge is 0.501 e. The molecule has 1 aliphatic heterocycles. The van der Waals surface area contributed by atoms with Crippen molar-refractivity contribution in [2.45, 2.75) is 0 Å². The van der Waals surface area contributed by atoms with Gasteiger partial charge in [0, 0.05) is 62.3 Å². The second-order valence-electron chi connectivity index (χ2n) is 9.14. The van der Waals surface area contributed by atoms with Crippen molar-refractivity contribution in [3.63, 3.8) is 0 Å². The third kappa shape index (κ3) is 5.16. The molecule has 5 nitrogen and oxygen atoms in total. The number of para-hydroxylation sites is 3. The molecule has 3 aromatic heterocycles. The van der Waals surface area contributed by atoms with E-state index >= 15 is 0 Å². The molecule has 0 atom stereocenters. The van der Waals surface area contributed by atoms with Gasteiger partial charge in [0.15, 0.2) is 0 Å². The van der Waals surface area contributed by atoms with Crippen molar-refractivity contribution in [2.24, 2.45) is 0 Å². The number of nitrogens with zero attached hydrogens (tertiary/aromatic N) is 4. The second kappa shape index (κ2) is 11.6. The van der Waals surface area contributed by atoms with Gasteiger partial charge in [-0.05, 0) is 27.8 Å². The Balaban J connectivity index is 0.000000196. The summed E-state index contributed by atoms with van der Waals surface area (Å²) in [5.41, 5.74) is 7.51. The number of hydrogen-bond acceptors (Lipinski definition) is 3. The van der Waals surface area contributed by atoms with Crippen molar-refractivity contribution in [3.8, 4) is 11.3 Å². The Labute approximate surface area is 250 Å². The molecular weight excluding hydrogens is 685 g/mol. The van der Waals surface area contributed by atoms with Gasteiger partial charge in [-0.3, -0.25) is 0 Å². The summed E-state index contributed by atoms with van der Waals surface area (Å²) >= 11 is 0. The van der Waals surface area contributed by atoms with E-state index in [4.69, 9.17) is 4.42 Å². The Bertz CT molecular complexity index is 1990. The fraction of sp³-hybridized carbons (Fsp3) is 0. The van der Waals surface area contributed by atoms with Crippen LogP contribution in [-0.2, 0) is 20.1 Å². The van der Waals surface area contributed by atoms with Crippen molar-refractivity contribution >= 4 is 50.8 Å². The van der Waals surface area contributed by atoms with Crippen LogP contribution in [0.3, 0.4) is 0 Å². The van der Waals surface area contributed by atoms with Gasteiger partial charge < -0.3 is 9.40 Å². The number of aromatic nitrogens is 2. The van der Waals surface area contributed by atoms with Gasteiger partial charge in [0.25, 0.3) is 11.4 Å². The smallest absolute Gasteiger partial charge is 0.465 e. The molecule has 4 heterocycles. The molecule has 8 rings (SSSR count). The number of rotatable bonds is 3. The Morgan fingerprint density at radius 3 is 2.20 bits per heavy atom. The summed E-state index contributed by atoms with van der Waals surface area (Å²) in [6, 6.07) is 50.1. The van der Waals surface area contributed by atoms with Crippen LogP contribution in [0.5, 0.6) is 0 Å². The van der Waals surface area contributed by atoms with E-state index in [-0.39, 0.29) is 20.1 Å². The first-order chi connectivity index (χ1) is 19.8. The van der Waals surface area contributed by atoms with Gasteiger partial charge in [0.05, 0.1) is 0 Å². The Hall–Kier alpha value is -4.99. The van der Waals surface area contributed by atoms with E-state index in [2.05, 4.69) is 57.0 Å². The predicted octanol–water partition coefficient (Wildman–Crippen LogP) is 8.18. The molecule has 0 fully saturated rings. The van der Waals surface area contributed by atoms with E-state index in [1.165, 1.54) is 0 Å². The third-order valence-electron chi connectivity index (χ3n) is 6.63. The van der Waals surface area contributed by atoms with Crippen molar-refractivity contribution < 1.29 is 24.5 Å². The zero-order valence-electron chi connectivity index (χ0n) is 21.7. The van der Waals surface area contributed by atoms with Crippen LogP contribution in [0.1, 0.15) is 0 Å². The maximum atomic E-state index is 5.95. The summed E-state index contributed by atoms with van der Waals surface area (Å²) in [4.78, 5) is 8.53. The van der Waals surface area contributed by atoms with Crippen LogP contribution in [0.15, 0.2) is 138 Å². The van der Waals surface area contributed by atoms with E-state index in [9.17, 15) is 0 Å². The number of pyridine rings is 2. The normalized spacial score (nSPS) is 11.6. The quantitative estimate of drug-likeness (QED) is 0.138. The first kappa shape index (κ1) is 26.2. The van der Waals surface area contributed by atoms with Gasteiger partial charge in [0.1, 0.15) is 5.69 Å². The molecule has 0 N–H and O–H groups in total. The fourth-order valence-corrected chi connectivity index (χ4v) is 4.75. The minimum atomic E-state index is 0. The van der Waals surface area contributed by atoms with Gasteiger partial charge >= 0.3 is 6.01 Å². The van der Waals surface area contributed by atoms with Crippen molar-refractivity contribution in [3.05, 3.63) is 146 Å². The summed E-state index contributed by atoms with van der Waals surface area (Å²) in [5, 5.41) is 2.01. The zero-order valence-corrected chi connectivity index (χ0v) is 24.1. The molecule has 0 saturated carbocycles. The molecule has 7 aromatic rings. The van der Waals surface area contributed by atoms with Crippen molar-refractivity contribution in [1.29, 1.82) is 0 Å². The van der Waals surface area contributed by atoms with Crippen molar-refractivity contribution in [2.75, 3.05) is 0 Å². The summed E-state index contributed by atoms with van der Waals surface area (Å²) in [5.74, 6) is 0. The molecule has 6 heteroatoms. The number of furan rings is 1. The van der Waals surface area contributed by atoms with Crippen LogP contribution in [0.4, 0.5) is 22.7 Å². The maximum absolute atomic E-state index is 5.95. The molecule has 4 aromatic carbocycles. The van der Waals surface area contributed by atoms with Crippen molar-refractivity contribution in [1.82, 2.24) is 19.1 Å². The van der Waals surface area contributed by atoms with Crippen LogP contribution in [0.25, 0.3) is 33.3 Å². The Morgan fingerprint density at radius 2 is 1.41 bits per heavy atom. The minimum absolute atomic E-state index is 0. The summed E-state index contributed by atoms with van der Waals surface area (Å²) in [7, 11) is 0. The molecule has 0 spiro atoms. The first-order valence-corrected chi connectivity index (χ1v) is 12.9. The average Bonchev–Trinajstić information content (AvgIpc) is 3.61. The number of hydrogen-bond donors (Lipinski definition) is 0. The number of fused-ring (bicyclic) bond motifs is 4. The second-order valence-corrected chi connectivity index (χ2v) is 9.14. The molecule has 0 amide bonds. The van der Waals surface area contributed by atoms with E-state index in [1.54, 1.807) is 12.4 Å². The fourth-order valence-electron chi connectivity index (χ4n) is 4.75. The maximum Gasteiger partial charge on any atom is 0.501 e. The summed E-state index contributed by atoms with van der Waals surface area (Å²) in [6.45, 7) is 0. The van der Waals surface area contributed by atoms with Crippen LogP contribution in [-0.4, -0.2) is 16.0 Å². The predicted molar refractivity (Wildman–Crippen MR) is 160 cm³/mol. The van der Waals surface area contributed by atoms with Crippen LogP contribution < -0.4 is 9.15 Å². The Morgan fingerprint density at radius 1 is 0.659 bits per heavy atom. The van der Waals surface area contributed by atoms with E-state index < -0.39 is 0 Å². The molecule has 0 unspecified atom stereocenters. The SMILES string of the molecule is C1=[N+](c2[c-]cc3c(c2)oc2ncccc23)c2ccccc2[N+]=1c1ccccc1.[Ir].[c-]1ccccc1-c1ccccn1. The molecule has 197 valence electrons. The molecule has 1 aliphatic rings. The topological polar surface area (TPSA) is 44.9 Å². The molecule has 0 aliphatic carbocycles. The van der Waals surface area contributed by atoms with Crippen LogP contribution in [0.2, 0.25) is 0 Å². The zero-order chi connectivity index (χ0) is 26.7. The van der Waals surface area contributed by atoms with E-state index in [1.807, 2.05) is 102 Å². The molecule has 0 saturated heterocycles. The van der Waals surface area contributed by atoms with E-state index in [0.29, 0.717) is 5.71 Å². The average molecular weight is 707 g/mol.